The molecule has 1 N–H and O–H groups in total. The predicted octanol–water partition coefficient (Wildman–Crippen LogP) is 2.57. The van der Waals surface area contributed by atoms with Crippen molar-refractivity contribution in [3.63, 3.8) is 0 Å². The normalized spacial score (nSPS) is 11.7. The zero-order valence-corrected chi connectivity index (χ0v) is 11.5. The van der Waals surface area contributed by atoms with Gasteiger partial charge in [-0.15, -0.1) is 0 Å². The minimum absolute atomic E-state index is 0.132. The summed E-state index contributed by atoms with van der Waals surface area (Å²) in [6.07, 6.45) is 3.40. The molecule has 104 valence electrons. The maximum atomic E-state index is 11.8. The van der Waals surface area contributed by atoms with Crippen LogP contribution in [0.4, 0.5) is 0 Å². The van der Waals surface area contributed by atoms with Gasteiger partial charge in [-0.05, 0) is 25.5 Å². The first-order valence-corrected chi connectivity index (χ1v) is 6.67. The highest BCUT2D eigenvalue weighted by molar-refractivity contribution is 5.80. The molecular formula is C15H21NO3. The molecule has 1 atom stereocenters. The summed E-state index contributed by atoms with van der Waals surface area (Å²) in [6, 6.07) is 6.77. The third-order valence-electron chi connectivity index (χ3n) is 2.76. The first-order valence-electron chi connectivity index (χ1n) is 6.67. The van der Waals surface area contributed by atoms with Gasteiger partial charge in [0.1, 0.15) is 12.0 Å². The molecule has 4 nitrogen and oxygen atoms in total. The molecule has 1 amide bonds. The average Bonchev–Trinajstić information content (AvgIpc) is 2.43. The summed E-state index contributed by atoms with van der Waals surface area (Å²) in [6.45, 7) is 4.49. The molecule has 0 saturated heterocycles. The second-order valence-corrected chi connectivity index (χ2v) is 4.45. The van der Waals surface area contributed by atoms with Gasteiger partial charge in [0.2, 0.25) is 0 Å². The average molecular weight is 263 g/mol. The number of rotatable bonds is 8. The van der Waals surface area contributed by atoms with Crippen LogP contribution >= 0.6 is 0 Å². The zero-order chi connectivity index (χ0) is 14.1. The topological polar surface area (TPSA) is 55.4 Å². The number of ether oxygens (including phenoxy) is 1. The summed E-state index contributed by atoms with van der Waals surface area (Å²) in [5, 5.41) is 2.83. The van der Waals surface area contributed by atoms with Crippen molar-refractivity contribution in [2.24, 2.45) is 0 Å². The molecule has 0 aliphatic heterocycles. The van der Waals surface area contributed by atoms with Crippen molar-refractivity contribution in [2.45, 2.75) is 39.2 Å². The molecule has 1 rings (SSSR count). The molecule has 0 aromatic heterocycles. The van der Waals surface area contributed by atoms with Crippen molar-refractivity contribution in [1.82, 2.24) is 5.32 Å². The van der Waals surface area contributed by atoms with Gasteiger partial charge in [-0.2, -0.15) is 0 Å². The van der Waals surface area contributed by atoms with Gasteiger partial charge in [0.15, 0.2) is 6.10 Å². The molecule has 1 aromatic rings. The lowest BCUT2D eigenvalue weighted by Crippen LogP contribution is -2.36. The summed E-state index contributed by atoms with van der Waals surface area (Å²) in [5.74, 6) is 0.397. The quantitative estimate of drug-likeness (QED) is 0.579. The van der Waals surface area contributed by atoms with Crippen LogP contribution in [0.2, 0.25) is 0 Å². The summed E-state index contributed by atoms with van der Waals surface area (Å²) >= 11 is 0. The number of aldehydes is 1. The third kappa shape index (κ3) is 5.55. The van der Waals surface area contributed by atoms with E-state index < -0.39 is 6.10 Å². The fourth-order valence-electron chi connectivity index (χ4n) is 1.65. The molecule has 1 aromatic carbocycles. The van der Waals surface area contributed by atoms with Crippen LogP contribution in [0.25, 0.3) is 0 Å². The van der Waals surface area contributed by atoms with Crippen LogP contribution in [-0.2, 0) is 4.79 Å². The van der Waals surface area contributed by atoms with Crippen LogP contribution in [0.1, 0.15) is 43.5 Å². The summed E-state index contributed by atoms with van der Waals surface area (Å²) in [7, 11) is 0. The second-order valence-electron chi connectivity index (χ2n) is 4.45. The van der Waals surface area contributed by atoms with Crippen molar-refractivity contribution in [3.8, 4) is 5.75 Å². The Morgan fingerprint density at radius 3 is 2.89 bits per heavy atom. The lowest BCUT2D eigenvalue weighted by atomic mass is 10.2. The number of amides is 1. The van der Waals surface area contributed by atoms with Crippen molar-refractivity contribution in [3.05, 3.63) is 29.8 Å². The van der Waals surface area contributed by atoms with Crippen molar-refractivity contribution in [2.75, 3.05) is 6.54 Å². The van der Waals surface area contributed by atoms with Crippen LogP contribution < -0.4 is 10.1 Å². The molecule has 0 saturated carbocycles. The molecule has 1 unspecified atom stereocenters. The van der Waals surface area contributed by atoms with Gasteiger partial charge in [-0.1, -0.05) is 31.9 Å². The molecule has 0 radical (unpaired) electrons. The molecule has 0 fully saturated rings. The van der Waals surface area contributed by atoms with Crippen molar-refractivity contribution < 1.29 is 14.3 Å². The smallest absolute Gasteiger partial charge is 0.260 e. The molecule has 19 heavy (non-hydrogen) atoms. The Morgan fingerprint density at radius 2 is 2.21 bits per heavy atom. The van der Waals surface area contributed by atoms with E-state index in [1.54, 1.807) is 31.2 Å². The van der Waals surface area contributed by atoms with Gasteiger partial charge in [-0.3, -0.25) is 9.59 Å². The first kappa shape index (κ1) is 15.2. The molecule has 0 aliphatic rings. The number of unbranched alkanes of at least 4 members (excludes halogenated alkanes) is 2. The standard InChI is InChI=1S/C15H21NO3/c1-3-4-5-9-16-15(18)12(2)19-14-8-6-7-13(10-14)11-17/h6-8,10-12H,3-5,9H2,1-2H3,(H,16,18). The zero-order valence-electron chi connectivity index (χ0n) is 11.5. The monoisotopic (exact) mass is 263 g/mol. The number of carbonyl (C=O) groups excluding carboxylic acids is 2. The Kier molecular flexibility index (Phi) is 6.64. The van der Waals surface area contributed by atoms with E-state index in [1.807, 2.05) is 0 Å². The Bertz CT molecular complexity index is 418. The molecule has 0 spiro atoms. The van der Waals surface area contributed by atoms with Gasteiger partial charge < -0.3 is 10.1 Å². The van der Waals surface area contributed by atoms with Gasteiger partial charge in [0, 0.05) is 12.1 Å². The Hall–Kier alpha value is -1.84. The van der Waals surface area contributed by atoms with Crippen LogP contribution in [0.15, 0.2) is 24.3 Å². The maximum Gasteiger partial charge on any atom is 0.260 e. The number of nitrogens with one attached hydrogen (secondary N) is 1. The fourth-order valence-corrected chi connectivity index (χ4v) is 1.65. The molecule has 0 heterocycles. The maximum absolute atomic E-state index is 11.8. The van der Waals surface area contributed by atoms with Crippen LogP contribution in [0, 0.1) is 0 Å². The van der Waals surface area contributed by atoms with E-state index in [9.17, 15) is 9.59 Å². The van der Waals surface area contributed by atoms with Gasteiger partial charge in [0.05, 0.1) is 0 Å². The van der Waals surface area contributed by atoms with Crippen LogP contribution in [0.5, 0.6) is 5.75 Å². The number of hydrogen-bond acceptors (Lipinski definition) is 3. The second kappa shape index (κ2) is 8.29. The number of carbonyl (C=O) groups is 2. The lowest BCUT2D eigenvalue weighted by Gasteiger charge is -2.14. The fraction of sp³-hybridized carbons (Fsp3) is 0.467. The highest BCUT2D eigenvalue weighted by Gasteiger charge is 2.13. The van der Waals surface area contributed by atoms with E-state index >= 15 is 0 Å². The summed E-state index contributed by atoms with van der Waals surface area (Å²) in [5.41, 5.74) is 0.535. The van der Waals surface area contributed by atoms with Crippen LogP contribution in [0.3, 0.4) is 0 Å². The Morgan fingerprint density at radius 1 is 1.42 bits per heavy atom. The molecular weight excluding hydrogens is 242 g/mol. The Balaban J connectivity index is 2.42. The van der Waals surface area contributed by atoms with Crippen molar-refractivity contribution >= 4 is 12.2 Å². The van der Waals surface area contributed by atoms with E-state index in [0.717, 1.165) is 25.5 Å². The molecule has 4 heteroatoms. The minimum atomic E-state index is -0.566. The lowest BCUT2D eigenvalue weighted by molar-refractivity contribution is -0.127. The summed E-state index contributed by atoms with van der Waals surface area (Å²) < 4.78 is 5.50. The van der Waals surface area contributed by atoms with Gasteiger partial charge >= 0.3 is 0 Å². The Labute approximate surface area is 114 Å². The van der Waals surface area contributed by atoms with Crippen molar-refractivity contribution in [1.29, 1.82) is 0 Å². The number of hydrogen-bond donors (Lipinski definition) is 1. The van der Waals surface area contributed by atoms with Crippen LogP contribution in [-0.4, -0.2) is 24.8 Å². The van der Waals surface area contributed by atoms with Gasteiger partial charge in [0.25, 0.3) is 5.91 Å². The number of benzene rings is 1. The first-order chi connectivity index (χ1) is 9.17. The van der Waals surface area contributed by atoms with E-state index in [4.69, 9.17) is 4.74 Å². The largest absolute Gasteiger partial charge is 0.481 e. The van der Waals surface area contributed by atoms with E-state index in [2.05, 4.69) is 12.2 Å². The SMILES string of the molecule is CCCCCNC(=O)C(C)Oc1cccc(C=O)c1. The molecule has 0 bridgehead atoms. The highest BCUT2D eigenvalue weighted by atomic mass is 16.5. The summed E-state index contributed by atoms with van der Waals surface area (Å²) in [4.78, 5) is 22.4. The van der Waals surface area contributed by atoms with E-state index in [1.165, 1.54) is 0 Å². The molecule has 0 aliphatic carbocycles. The predicted molar refractivity (Wildman–Crippen MR) is 74.5 cm³/mol. The van der Waals surface area contributed by atoms with Gasteiger partial charge in [-0.25, -0.2) is 0 Å². The minimum Gasteiger partial charge on any atom is -0.481 e. The van der Waals surface area contributed by atoms with E-state index in [-0.39, 0.29) is 5.91 Å². The third-order valence-corrected chi connectivity index (χ3v) is 2.76. The highest BCUT2D eigenvalue weighted by Crippen LogP contribution is 2.13. The van der Waals surface area contributed by atoms with E-state index in [0.29, 0.717) is 17.9 Å².